The first kappa shape index (κ1) is 25.1. The van der Waals surface area contributed by atoms with Crippen LogP contribution >= 0.6 is 0 Å². The number of carbonyl (C=O) groups excluding carboxylic acids is 2. The van der Waals surface area contributed by atoms with Crippen molar-refractivity contribution in [3.8, 4) is 5.75 Å². The van der Waals surface area contributed by atoms with Crippen molar-refractivity contribution in [3.63, 3.8) is 0 Å². The zero-order valence-electron chi connectivity index (χ0n) is 20.9. The minimum Gasteiger partial charge on any atom is -0.497 e. The second-order valence-corrected chi connectivity index (χ2v) is 9.20. The van der Waals surface area contributed by atoms with Gasteiger partial charge in [0.2, 0.25) is 0 Å². The summed E-state index contributed by atoms with van der Waals surface area (Å²) in [5.74, 6) is 1.26. The van der Waals surface area contributed by atoms with Gasteiger partial charge in [-0.2, -0.15) is 0 Å². The van der Waals surface area contributed by atoms with E-state index in [2.05, 4.69) is 39.9 Å². The molecule has 3 N–H and O–H groups in total. The van der Waals surface area contributed by atoms with Gasteiger partial charge in [-0.15, -0.1) is 0 Å². The molecule has 0 unspecified atom stereocenters. The molecule has 0 radical (unpaired) electrons. The van der Waals surface area contributed by atoms with Gasteiger partial charge in [0.1, 0.15) is 5.75 Å². The van der Waals surface area contributed by atoms with Gasteiger partial charge in [0.25, 0.3) is 5.91 Å². The van der Waals surface area contributed by atoms with E-state index in [0.29, 0.717) is 35.2 Å². The Labute approximate surface area is 212 Å². The van der Waals surface area contributed by atoms with Gasteiger partial charge in [-0.1, -0.05) is 37.3 Å². The molecule has 1 aliphatic heterocycles. The molecule has 0 aromatic heterocycles. The second kappa shape index (κ2) is 12.1. The Bertz CT molecular complexity index is 1160. The lowest BCUT2D eigenvalue weighted by atomic mass is 9.97. The zero-order chi connectivity index (χ0) is 25.3. The maximum Gasteiger partial charge on any atom is 0.323 e. The van der Waals surface area contributed by atoms with Crippen molar-refractivity contribution in [1.82, 2.24) is 5.32 Å². The van der Waals surface area contributed by atoms with E-state index in [4.69, 9.17) is 4.74 Å². The van der Waals surface area contributed by atoms with E-state index in [1.165, 1.54) is 5.56 Å². The molecule has 1 aliphatic rings. The van der Waals surface area contributed by atoms with Crippen LogP contribution in [0.25, 0.3) is 0 Å². The largest absolute Gasteiger partial charge is 0.497 e. The third-order valence-corrected chi connectivity index (χ3v) is 6.51. The molecule has 0 bridgehead atoms. The third kappa shape index (κ3) is 6.78. The summed E-state index contributed by atoms with van der Waals surface area (Å²) in [6.07, 6.45) is 2.95. The predicted octanol–water partition coefficient (Wildman–Crippen LogP) is 5.55. The number of piperidine rings is 1. The van der Waals surface area contributed by atoms with Crippen molar-refractivity contribution < 1.29 is 14.3 Å². The van der Waals surface area contributed by atoms with Crippen LogP contribution < -0.4 is 25.6 Å². The Morgan fingerprint density at radius 3 is 2.28 bits per heavy atom. The predicted molar refractivity (Wildman–Crippen MR) is 145 cm³/mol. The summed E-state index contributed by atoms with van der Waals surface area (Å²) in [5.41, 5.74) is 3.85. The number of nitrogens with one attached hydrogen (secondary N) is 3. The molecule has 7 nitrogen and oxygen atoms in total. The first-order chi connectivity index (χ1) is 17.5. The van der Waals surface area contributed by atoms with E-state index < -0.39 is 0 Å². The first-order valence-electron chi connectivity index (χ1n) is 12.4. The standard InChI is InChI=1S/C29H34N4O3/c1-21-15-18-33(19-16-21)27-13-10-24(32-29(35)31-23-8-11-25(36-2)12-9-23)20-26(27)28(34)30-17-14-22-6-4-3-5-7-22/h3-13,20-21H,14-19H2,1-2H3,(H,30,34)(H2,31,32,35). The normalized spacial score (nSPS) is 13.7. The topological polar surface area (TPSA) is 82.7 Å². The minimum atomic E-state index is -0.379. The molecule has 4 rings (SSSR count). The Balaban J connectivity index is 1.46. The zero-order valence-corrected chi connectivity index (χ0v) is 20.9. The molecule has 3 aromatic carbocycles. The molecule has 3 amide bonds. The second-order valence-electron chi connectivity index (χ2n) is 9.20. The fourth-order valence-electron chi connectivity index (χ4n) is 4.35. The average Bonchev–Trinajstić information content (AvgIpc) is 2.90. The molecule has 7 heteroatoms. The molecule has 188 valence electrons. The Morgan fingerprint density at radius 2 is 1.58 bits per heavy atom. The molecule has 0 spiro atoms. The number of methoxy groups -OCH3 is 1. The molecule has 1 saturated heterocycles. The highest BCUT2D eigenvalue weighted by Gasteiger charge is 2.22. The number of rotatable bonds is 8. The van der Waals surface area contributed by atoms with E-state index in [1.54, 1.807) is 37.4 Å². The van der Waals surface area contributed by atoms with Crippen LogP contribution in [0.4, 0.5) is 21.9 Å². The number of nitrogens with zero attached hydrogens (tertiary/aromatic N) is 1. The summed E-state index contributed by atoms with van der Waals surface area (Å²) >= 11 is 0. The van der Waals surface area contributed by atoms with Gasteiger partial charge < -0.3 is 25.6 Å². The van der Waals surface area contributed by atoms with E-state index in [9.17, 15) is 9.59 Å². The molecular formula is C29H34N4O3. The van der Waals surface area contributed by atoms with Gasteiger partial charge in [-0.25, -0.2) is 4.79 Å². The summed E-state index contributed by atoms with van der Waals surface area (Å²) in [6, 6.07) is 22.4. The van der Waals surface area contributed by atoms with Gasteiger partial charge >= 0.3 is 6.03 Å². The van der Waals surface area contributed by atoms with Crippen molar-refractivity contribution >= 4 is 29.0 Å². The summed E-state index contributed by atoms with van der Waals surface area (Å²) in [4.78, 5) is 28.1. The molecule has 0 aliphatic carbocycles. The lowest BCUT2D eigenvalue weighted by Gasteiger charge is -2.33. The highest BCUT2D eigenvalue weighted by molar-refractivity contribution is 6.04. The van der Waals surface area contributed by atoms with Crippen molar-refractivity contribution in [2.75, 3.05) is 42.3 Å². The molecule has 0 atom stereocenters. The summed E-state index contributed by atoms with van der Waals surface area (Å²) < 4.78 is 5.16. The molecule has 3 aromatic rings. The lowest BCUT2D eigenvalue weighted by molar-refractivity contribution is 0.0954. The number of ether oxygens (including phenoxy) is 1. The molecule has 36 heavy (non-hydrogen) atoms. The molecule has 1 heterocycles. The summed E-state index contributed by atoms with van der Waals surface area (Å²) in [5, 5.41) is 8.72. The monoisotopic (exact) mass is 486 g/mol. The van der Waals surface area contributed by atoms with E-state index in [0.717, 1.165) is 38.0 Å². The van der Waals surface area contributed by atoms with Gasteiger partial charge in [-0.05, 0) is 73.2 Å². The maximum absolute atomic E-state index is 13.3. The number of hydrogen-bond acceptors (Lipinski definition) is 4. The SMILES string of the molecule is COc1ccc(NC(=O)Nc2ccc(N3CCC(C)CC3)c(C(=O)NCCc3ccccc3)c2)cc1. The third-order valence-electron chi connectivity index (χ3n) is 6.51. The molecule has 0 saturated carbocycles. The molecular weight excluding hydrogens is 452 g/mol. The fraction of sp³-hybridized carbons (Fsp3) is 0.310. The molecule has 1 fully saturated rings. The number of benzene rings is 3. The van der Waals surface area contributed by atoms with E-state index in [-0.39, 0.29) is 11.9 Å². The van der Waals surface area contributed by atoms with Crippen molar-refractivity contribution in [3.05, 3.63) is 83.9 Å². The number of urea groups is 1. The average molecular weight is 487 g/mol. The van der Waals surface area contributed by atoms with Crippen LogP contribution in [0.1, 0.15) is 35.7 Å². The first-order valence-corrected chi connectivity index (χ1v) is 12.4. The van der Waals surface area contributed by atoms with Crippen LogP contribution in [-0.4, -0.2) is 38.7 Å². The summed E-state index contributed by atoms with van der Waals surface area (Å²) in [6.45, 7) is 4.63. The lowest BCUT2D eigenvalue weighted by Crippen LogP contribution is -2.35. The van der Waals surface area contributed by atoms with E-state index >= 15 is 0 Å². The highest BCUT2D eigenvalue weighted by atomic mass is 16.5. The summed E-state index contributed by atoms with van der Waals surface area (Å²) in [7, 11) is 1.60. The highest BCUT2D eigenvalue weighted by Crippen LogP contribution is 2.29. The minimum absolute atomic E-state index is 0.140. The maximum atomic E-state index is 13.3. The van der Waals surface area contributed by atoms with Gasteiger partial charge in [0, 0.05) is 36.7 Å². The van der Waals surface area contributed by atoms with Crippen LogP contribution in [-0.2, 0) is 6.42 Å². The van der Waals surface area contributed by atoms with Crippen LogP contribution in [0, 0.1) is 5.92 Å². The van der Waals surface area contributed by atoms with Crippen LogP contribution in [0.2, 0.25) is 0 Å². The Hall–Kier alpha value is -4.00. The van der Waals surface area contributed by atoms with Crippen LogP contribution in [0.15, 0.2) is 72.8 Å². The van der Waals surface area contributed by atoms with Crippen molar-refractivity contribution in [2.24, 2.45) is 5.92 Å². The number of amides is 3. The van der Waals surface area contributed by atoms with Crippen LogP contribution in [0.3, 0.4) is 0 Å². The Morgan fingerprint density at radius 1 is 0.917 bits per heavy atom. The smallest absolute Gasteiger partial charge is 0.323 e. The fourth-order valence-corrected chi connectivity index (χ4v) is 4.35. The van der Waals surface area contributed by atoms with Crippen molar-refractivity contribution in [1.29, 1.82) is 0 Å². The number of hydrogen-bond donors (Lipinski definition) is 3. The Kier molecular flexibility index (Phi) is 8.44. The van der Waals surface area contributed by atoms with Gasteiger partial charge in [-0.3, -0.25) is 4.79 Å². The number of anilines is 3. The van der Waals surface area contributed by atoms with Gasteiger partial charge in [0.05, 0.1) is 12.7 Å². The van der Waals surface area contributed by atoms with E-state index in [1.807, 2.05) is 30.3 Å². The van der Waals surface area contributed by atoms with Crippen LogP contribution in [0.5, 0.6) is 5.75 Å². The quantitative estimate of drug-likeness (QED) is 0.390. The number of carbonyl (C=O) groups is 2. The van der Waals surface area contributed by atoms with Gasteiger partial charge in [0.15, 0.2) is 0 Å². The van der Waals surface area contributed by atoms with Crippen molar-refractivity contribution in [2.45, 2.75) is 26.2 Å².